The number of amides is 1. The van der Waals surface area contributed by atoms with Gasteiger partial charge in [0.15, 0.2) is 15.0 Å². The summed E-state index contributed by atoms with van der Waals surface area (Å²) in [5.41, 5.74) is 0.308. The van der Waals surface area contributed by atoms with Crippen molar-refractivity contribution >= 4 is 55.4 Å². The van der Waals surface area contributed by atoms with Gasteiger partial charge in [-0.3, -0.25) is 10.1 Å². The van der Waals surface area contributed by atoms with Crippen LogP contribution in [0, 0.1) is 5.82 Å². The molecule has 1 atom stereocenters. The maximum absolute atomic E-state index is 13.5. The first-order valence-corrected chi connectivity index (χ1v) is 12.2. The van der Waals surface area contributed by atoms with Crippen LogP contribution in [0.5, 0.6) is 5.75 Å². The molecule has 1 fully saturated rings. The van der Waals surface area contributed by atoms with Crippen LogP contribution in [-0.2, 0) is 14.6 Å². The molecular weight excluding hydrogens is 486 g/mol. The van der Waals surface area contributed by atoms with E-state index >= 15 is 0 Å². The Kier molecular flexibility index (Phi) is 6.20. The van der Waals surface area contributed by atoms with Gasteiger partial charge in [0.25, 0.3) is 5.91 Å². The van der Waals surface area contributed by atoms with E-state index in [0.717, 1.165) is 17.4 Å². The smallest absolute Gasteiger partial charge is 0.271 e. The Labute approximate surface area is 191 Å². The van der Waals surface area contributed by atoms with Crippen LogP contribution < -0.4 is 10.1 Å². The lowest BCUT2D eigenvalue weighted by atomic mass is 10.1. The minimum Gasteiger partial charge on any atom is -0.476 e. The molecule has 2 aromatic carbocycles. The second kappa shape index (κ2) is 8.74. The minimum atomic E-state index is -3.47. The van der Waals surface area contributed by atoms with Crippen molar-refractivity contribution < 1.29 is 22.3 Å². The molecule has 4 rings (SSSR count). The third-order valence-electron chi connectivity index (χ3n) is 4.54. The summed E-state index contributed by atoms with van der Waals surface area (Å²) in [6.45, 7) is 0. The minimum absolute atomic E-state index is 0.114. The molecule has 1 amide bonds. The van der Waals surface area contributed by atoms with E-state index in [2.05, 4.69) is 10.3 Å². The van der Waals surface area contributed by atoms with Crippen molar-refractivity contribution in [3.63, 3.8) is 0 Å². The van der Waals surface area contributed by atoms with Crippen molar-refractivity contribution in [3.8, 4) is 5.75 Å². The molecule has 11 heteroatoms. The molecule has 6 nitrogen and oxygen atoms in total. The average Bonchev–Trinajstić information content (AvgIpc) is 3.52. The van der Waals surface area contributed by atoms with Gasteiger partial charge in [-0.1, -0.05) is 46.7 Å². The summed E-state index contributed by atoms with van der Waals surface area (Å²) < 4.78 is 45.0. The summed E-state index contributed by atoms with van der Waals surface area (Å²) >= 11 is 12.7. The topological polar surface area (TPSA) is 85.4 Å². The second-order valence-corrected chi connectivity index (χ2v) is 11.1. The van der Waals surface area contributed by atoms with Crippen LogP contribution in [0.25, 0.3) is 0 Å². The van der Waals surface area contributed by atoms with Crippen LogP contribution >= 0.6 is 34.5 Å². The van der Waals surface area contributed by atoms with Crippen LogP contribution in [0.1, 0.15) is 24.5 Å². The Hall–Kier alpha value is -2.20. The molecular formula is C20H15Cl2FN2O4S2. The molecule has 0 aliphatic heterocycles. The highest BCUT2D eigenvalue weighted by Gasteiger charge is 2.37. The third kappa shape index (κ3) is 5.01. The highest BCUT2D eigenvalue weighted by molar-refractivity contribution is 7.92. The first kappa shape index (κ1) is 22.0. The van der Waals surface area contributed by atoms with Crippen molar-refractivity contribution in [2.24, 2.45) is 0 Å². The van der Waals surface area contributed by atoms with E-state index in [4.69, 9.17) is 27.9 Å². The lowest BCUT2D eigenvalue weighted by molar-refractivity contribution is -0.123. The van der Waals surface area contributed by atoms with Crippen LogP contribution in [0.4, 0.5) is 9.52 Å². The summed E-state index contributed by atoms with van der Waals surface area (Å²) in [5, 5.41) is 2.28. The molecule has 0 saturated heterocycles. The normalized spacial score (nSPS) is 14.8. The molecule has 3 aromatic rings. The van der Waals surface area contributed by atoms with Gasteiger partial charge in [-0.2, -0.15) is 0 Å². The molecule has 1 saturated carbocycles. The summed E-state index contributed by atoms with van der Waals surface area (Å²) in [7, 11) is -3.47. The Bertz CT molecular complexity index is 1250. The molecule has 1 heterocycles. The third-order valence-corrected chi connectivity index (χ3v) is 8.12. The molecule has 1 aliphatic rings. The van der Waals surface area contributed by atoms with Gasteiger partial charge in [-0.15, -0.1) is 0 Å². The van der Waals surface area contributed by atoms with E-state index in [1.807, 2.05) is 0 Å². The standard InChI is InChI=1S/C20H15Cl2FN2O4S2/c21-15-9-12(4-7-16(15)23)29-18(19(26)25-20-24-10-17(22)30-20)11-2-1-3-14(8-11)31(27,28)13-5-6-13/h1-4,7-10,13,18H,5-6H2,(H,24,25,26). The van der Waals surface area contributed by atoms with Crippen LogP contribution in [0.2, 0.25) is 9.36 Å². The molecule has 0 radical (unpaired) electrons. The summed E-state index contributed by atoms with van der Waals surface area (Å²) in [6, 6.07) is 9.71. The summed E-state index contributed by atoms with van der Waals surface area (Å²) in [6.07, 6.45) is 1.37. The Morgan fingerprint density at radius 1 is 1.23 bits per heavy atom. The van der Waals surface area contributed by atoms with Crippen molar-refractivity contribution in [1.29, 1.82) is 0 Å². The van der Waals surface area contributed by atoms with Crippen molar-refractivity contribution in [1.82, 2.24) is 4.98 Å². The van der Waals surface area contributed by atoms with E-state index in [9.17, 15) is 17.6 Å². The summed E-state index contributed by atoms with van der Waals surface area (Å²) in [4.78, 5) is 17.1. The lowest BCUT2D eigenvalue weighted by Gasteiger charge is -2.19. The molecule has 1 aliphatic carbocycles. The number of halogens is 3. The van der Waals surface area contributed by atoms with Gasteiger partial charge < -0.3 is 4.74 Å². The zero-order valence-electron chi connectivity index (χ0n) is 15.7. The van der Waals surface area contributed by atoms with Gasteiger partial charge in [-0.25, -0.2) is 17.8 Å². The maximum atomic E-state index is 13.5. The number of ether oxygens (including phenoxy) is 1. The Balaban J connectivity index is 1.69. The van der Waals surface area contributed by atoms with E-state index < -0.39 is 32.9 Å². The first-order chi connectivity index (χ1) is 14.7. The Morgan fingerprint density at radius 2 is 2.00 bits per heavy atom. The van der Waals surface area contributed by atoms with Crippen molar-refractivity contribution in [2.75, 3.05) is 5.32 Å². The largest absolute Gasteiger partial charge is 0.476 e. The SMILES string of the molecule is O=C(Nc1ncc(Cl)s1)C(Oc1ccc(F)c(Cl)c1)c1cccc(S(=O)(=O)C2CC2)c1. The zero-order valence-corrected chi connectivity index (χ0v) is 18.9. The lowest BCUT2D eigenvalue weighted by Crippen LogP contribution is -2.26. The fourth-order valence-electron chi connectivity index (χ4n) is 2.87. The number of carbonyl (C=O) groups excluding carboxylic acids is 1. The van der Waals surface area contributed by atoms with Gasteiger partial charge in [0.05, 0.1) is 21.4 Å². The molecule has 1 N–H and O–H groups in total. The molecule has 1 aromatic heterocycles. The van der Waals surface area contributed by atoms with E-state index in [-0.39, 0.29) is 20.8 Å². The van der Waals surface area contributed by atoms with Crippen LogP contribution in [0.15, 0.2) is 53.6 Å². The highest BCUT2D eigenvalue weighted by Crippen LogP contribution is 2.35. The van der Waals surface area contributed by atoms with Crippen molar-refractivity contribution in [2.45, 2.75) is 29.1 Å². The number of nitrogens with zero attached hydrogens (tertiary/aromatic N) is 1. The predicted octanol–water partition coefficient (Wildman–Crippen LogP) is 5.28. The summed E-state index contributed by atoms with van der Waals surface area (Å²) in [5.74, 6) is -1.10. The number of hydrogen-bond donors (Lipinski definition) is 1. The number of anilines is 1. The average molecular weight is 501 g/mol. The fraction of sp³-hybridized carbons (Fsp3) is 0.200. The van der Waals surface area contributed by atoms with Gasteiger partial charge in [0.1, 0.15) is 15.9 Å². The number of nitrogens with one attached hydrogen (secondary N) is 1. The quantitative estimate of drug-likeness (QED) is 0.476. The van der Waals surface area contributed by atoms with Crippen LogP contribution in [-0.4, -0.2) is 24.6 Å². The highest BCUT2D eigenvalue weighted by atomic mass is 35.5. The molecule has 0 bridgehead atoms. The van der Waals surface area contributed by atoms with Gasteiger partial charge in [-0.05, 0) is 37.1 Å². The molecule has 31 heavy (non-hydrogen) atoms. The van der Waals surface area contributed by atoms with Crippen LogP contribution in [0.3, 0.4) is 0 Å². The van der Waals surface area contributed by atoms with Gasteiger partial charge >= 0.3 is 0 Å². The molecule has 0 spiro atoms. The Morgan fingerprint density at radius 3 is 2.65 bits per heavy atom. The van der Waals surface area contributed by atoms with E-state index in [0.29, 0.717) is 22.7 Å². The number of aromatic nitrogens is 1. The molecule has 162 valence electrons. The van der Waals surface area contributed by atoms with Gasteiger partial charge in [0.2, 0.25) is 6.10 Å². The number of carbonyl (C=O) groups is 1. The number of rotatable bonds is 7. The first-order valence-electron chi connectivity index (χ1n) is 9.12. The van der Waals surface area contributed by atoms with Gasteiger partial charge in [0, 0.05) is 11.6 Å². The van der Waals surface area contributed by atoms with Crippen molar-refractivity contribution in [3.05, 3.63) is 69.4 Å². The predicted molar refractivity (Wildman–Crippen MR) is 117 cm³/mol. The van der Waals surface area contributed by atoms with E-state index in [1.54, 1.807) is 12.1 Å². The fourth-order valence-corrected chi connectivity index (χ4v) is 5.56. The number of benzene rings is 2. The maximum Gasteiger partial charge on any atom is 0.271 e. The number of hydrogen-bond acceptors (Lipinski definition) is 6. The number of sulfone groups is 1. The monoisotopic (exact) mass is 500 g/mol. The van der Waals surface area contributed by atoms with E-state index in [1.165, 1.54) is 30.5 Å². The zero-order chi connectivity index (χ0) is 22.2. The molecule has 1 unspecified atom stereocenters. The number of thiazole rings is 1. The second-order valence-electron chi connectivity index (χ2n) is 6.85.